The maximum Gasteiger partial charge on any atom is 0.416 e. The zero-order valence-corrected chi connectivity index (χ0v) is 13.7. The van der Waals surface area contributed by atoms with Gasteiger partial charge in [0.05, 0.1) is 17.6 Å². The molecule has 2 aromatic carbocycles. The van der Waals surface area contributed by atoms with Crippen LogP contribution in [-0.2, 0) is 11.0 Å². The van der Waals surface area contributed by atoms with E-state index in [2.05, 4.69) is 10.3 Å². The molecule has 0 bridgehead atoms. The number of amides is 1. The lowest BCUT2D eigenvalue weighted by molar-refractivity contribution is -0.137. The summed E-state index contributed by atoms with van der Waals surface area (Å²) < 4.78 is 58.2. The molecule has 0 aliphatic heterocycles. The van der Waals surface area contributed by atoms with Gasteiger partial charge in [0.2, 0.25) is 0 Å². The van der Waals surface area contributed by atoms with E-state index < -0.39 is 30.1 Å². The molecule has 0 unspecified atom stereocenters. The number of halogens is 4. The van der Waals surface area contributed by atoms with Crippen molar-refractivity contribution in [2.24, 2.45) is 0 Å². The number of hydrogen-bond acceptors (Lipinski definition) is 3. The summed E-state index contributed by atoms with van der Waals surface area (Å²) in [6.07, 6.45) is 0.0830. The van der Waals surface area contributed by atoms with Crippen molar-refractivity contribution in [3.05, 3.63) is 72.6 Å². The van der Waals surface area contributed by atoms with Crippen LogP contribution in [0.25, 0.3) is 5.69 Å². The summed E-state index contributed by atoms with van der Waals surface area (Å²) in [5.41, 5.74) is -0.323. The summed E-state index contributed by atoms with van der Waals surface area (Å²) in [7, 11) is 0. The fourth-order valence-corrected chi connectivity index (χ4v) is 2.28. The number of carbonyl (C=O) groups excluding carboxylic acids is 1. The maximum absolute atomic E-state index is 14.1. The smallest absolute Gasteiger partial charge is 0.416 e. The highest BCUT2D eigenvalue weighted by Crippen LogP contribution is 2.30. The molecule has 0 spiro atoms. The molecule has 9 heteroatoms. The largest absolute Gasteiger partial charge is 0.484 e. The molecule has 3 rings (SSSR count). The van der Waals surface area contributed by atoms with Crippen molar-refractivity contribution < 1.29 is 27.1 Å². The lowest BCUT2D eigenvalue weighted by Crippen LogP contribution is -2.20. The normalized spacial score (nSPS) is 11.3. The van der Waals surface area contributed by atoms with Crippen molar-refractivity contribution in [1.82, 2.24) is 9.55 Å². The second kappa shape index (κ2) is 7.48. The Morgan fingerprint density at radius 2 is 1.89 bits per heavy atom. The minimum Gasteiger partial charge on any atom is -0.484 e. The Bertz CT molecular complexity index is 923. The van der Waals surface area contributed by atoms with Gasteiger partial charge in [0, 0.05) is 18.1 Å². The van der Waals surface area contributed by atoms with Gasteiger partial charge in [0.1, 0.15) is 11.6 Å². The average molecular weight is 379 g/mol. The number of benzene rings is 2. The van der Waals surface area contributed by atoms with Crippen molar-refractivity contribution >= 4 is 11.6 Å². The van der Waals surface area contributed by atoms with E-state index in [1.54, 1.807) is 6.20 Å². The number of hydrogen-bond donors (Lipinski definition) is 1. The van der Waals surface area contributed by atoms with Crippen molar-refractivity contribution in [2.45, 2.75) is 6.18 Å². The van der Waals surface area contributed by atoms with Crippen LogP contribution < -0.4 is 10.1 Å². The van der Waals surface area contributed by atoms with Gasteiger partial charge in [-0.1, -0.05) is 0 Å². The molecule has 5 nitrogen and oxygen atoms in total. The first-order valence-electron chi connectivity index (χ1n) is 7.71. The van der Waals surface area contributed by atoms with E-state index in [1.807, 2.05) is 0 Å². The lowest BCUT2D eigenvalue weighted by Gasteiger charge is -2.10. The molecule has 0 saturated carbocycles. The Labute approximate surface area is 151 Å². The molecule has 1 N–H and O–H groups in total. The van der Waals surface area contributed by atoms with Crippen LogP contribution in [0.5, 0.6) is 5.75 Å². The van der Waals surface area contributed by atoms with E-state index in [-0.39, 0.29) is 17.1 Å². The predicted octanol–water partition coefficient (Wildman–Crippen LogP) is 4.05. The molecular weight excluding hydrogens is 366 g/mol. The zero-order chi connectivity index (χ0) is 19.4. The van der Waals surface area contributed by atoms with Gasteiger partial charge in [-0.3, -0.25) is 4.79 Å². The van der Waals surface area contributed by atoms with Crippen molar-refractivity contribution in [3.8, 4) is 11.4 Å². The van der Waals surface area contributed by atoms with Crippen LogP contribution in [0.1, 0.15) is 5.56 Å². The molecule has 27 heavy (non-hydrogen) atoms. The number of ether oxygens (including phenoxy) is 1. The molecule has 1 aromatic heterocycles. The quantitative estimate of drug-likeness (QED) is 0.681. The third-order valence-corrected chi connectivity index (χ3v) is 3.57. The highest BCUT2D eigenvalue weighted by Gasteiger charge is 2.30. The summed E-state index contributed by atoms with van der Waals surface area (Å²) in [4.78, 5) is 15.7. The van der Waals surface area contributed by atoms with E-state index in [4.69, 9.17) is 4.74 Å². The first kappa shape index (κ1) is 18.4. The number of aromatic nitrogens is 2. The average Bonchev–Trinajstić information content (AvgIpc) is 3.14. The van der Waals surface area contributed by atoms with E-state index in [0.29, 0.717) is 0 Å². The number of rotatable bonds is 5. The standard InChI is InChI=1S/C18H13F4N3O2/c19-15-9-13(3-6-16(15)25-8-7-23-11-25)24-17(26)10-27-14-4-1-12(2-5-14)18(20,21)22/h1-9,11H,10H2,(H,24,26). The summed E-state index contributed by atoms with van der Waals surface area (Å²) in [6, 6.07) is 8.09. The number of carbonyl (C=O) groups is 1. The minimum absolute atomic E-state index is 0.111. The third kappa shape index (κ3) is 4.63. The fraction of sp³-hybridized carbons (Fsp3) is 0.111. The van der Waals surface area contributed by atoms with Crippen LogP contribution in [0.4, 0.5) is 23.2 Å². The van der Waals surface area contributed by atoms with Gasteiger partial charge in [0.25, 0.3) is 5.91 Å². The maximum atomic E-state index is 14.1. The van der Waals surface area contributed by atoms with Crippen LogP contribution in [0.3, 0.4) is 0 Å². The highest BCUT2D eigenvalue weighted by atomic mass is 19.4. The predicted molar refractivity (Wildman–Crippen MR) is 89.1 cm³/mol. The Hall–Kier alpha value is -3.36. The van der Waals surface area contributed by atoms with E-state index >= 15 is 0 Å². The van der Waals surface area contributed by atoms with Gasteiger partial charge in [-0.2, -0.15) is 13.2 Å². The van der Waals surface area contributed by atoms with Crippen LogP contribution in [0.2, 0.25) is 0 Å². The number of nitrogens with one attached hydrogen (secondary N) is 1. The van der Waals surface area contributed by atoms with Crippen LogP contribution in [-0.4, -0.2) is 22.1 Å². The Balaban J connectivity index is 1.57. The van der Waals surface area contributed by atoms with Crippen LogP contribution in [0, 0.1) is 5.82 Å². The first-order chi connectivity index (χ1) is 12.8. The summed E-state index contributed by atoms with van der Waals surface area (Å²) in [5, 5.41) is 2.45. The molecule has 3 aromatic rings. The van der Waals surface area contributed by atoms with Gasteiger partial charge >= 0.3 is 6.18 Å². The fourth-order valence-electron chi connectivity index (χ4n) is 2.28. The van der Waals surface area contributed by atoms with Gasteiger partial charge < -0.3 is 14.6 Å². The van der Waals surface area contributed by atoms with Crippen LogP contribution in [0.15, 0.2) is 61.2 Å². The number of anilines is 1. The Morgan fingerprint density at radius 1 is 1.15 bits per heavy atom. The Kier molecular flexibility index (Phi) is 5.11. The van der Waals surface area contributed by atoms with E-state index in [1.165, 1.54) is 29.2 Å². The highest BCUT2D eigenvalue weighted by molar-refractivity contribution is 5.92. The van der Waals surface area contributed by atoms with Crippen molar-refractivity contribution in [3.63, 3.8) is 0 Å². The van der Waals surface area contributed by atoms with Crippen LogP contribution >= 0.6 is 0 Å². The van der Waals surface area contributed by atoms with E-state index in [0.717, 1.165) is 30.3 Å². The van der Waals surface area contributed by atoms with Gasteiger partial charge in [-0.05, 0) is 42.5 Å². The molecule has 0 atom stereocenters. The molecule has 0 aliphatic rings. The molecule has 0 radical (unpaired) electrons. The minimum atomic E-state index is -4.44. The third-order valence-electron chi connectivity index (χ3n) is 3.57. The summed E-state index contributed by atoms with van der Waals surface area (Å²) in [6.45, 7) is -0.434. The second-order valence-electron chi connectivity index (χ2n) is 5.50. The lowest BCUT2D eigenvalue weighted by atomic mass is 10.2. The van der Waals surface area contributed by atoms with Crippen molar-refractivity contribution in [2.75, 3.05) is 11.9 Å². The van der Waals surface area contributed by atoms with E-state index in [9.17, 15) is 22.4 Å². The van der Waals surface area contributed by atoms with Gasteiger partial charge in [-0.15, -0.1) is 0 Å². The molecular formula is C18H13F4N3O2. The monoisotopic (exact) mass is 379 g/mol. The zero-order valence-electron chi connectivity index (χ0n) is 13.7. The topological polar surface area (TPSA) is 56.1 Å². The SMILES string of the molecule is O=C(COc1ccc(C(F)(F)F)cc1)Nc1ccc(-n2ccnc2)c(F)c1. The molecule has 1 heterocycles. The second-order valence-corrected chi connectivity index (χ2v) is 5.50. The summed E-state index contributed by atoms with van der Waals surface area (Å²) in [5.74, 6) is -1.03. The number of alkyl halides is 3. The van der Waals surface area contributed by atoms with Crippen molar-refractivity contribution in [1.29, 1.82) is 0 Å². The Morgan fingerprint density at radius 3 is 2.48 bits per heavy atom. The molecule has 1 amide bonds. The van der Waals surface area contributed by atoms with Gasteiger partial charge in [-0.25, -0.2) is 9.37 Å². The molecule has 140 valence electrons. The van der Waals surface area contributed by atoms with Gasteiger partial charge in [0.15, 0.2) is 6.61 Å². The first-order valence-corrected chi connectivity index (χ1v) is 7.71. The summed E-state index contributed by atoms with van der Waals surface area (Å²) >= 11 is 0. The number of imidazole rings is 1. The molecule has 0 aliphatic carbocycles. The molecule has 0 fully saturated rings. The molecule has 0 saturated heterocycles. The number of nitrogens with zero attached hydrogens (tertiary/aromatic N) is 2.